The fraction of sp³-hybridized carbons (Fsp3) is 0.455. The van der Waals surface area contributed by atoms with E-state index >= 15 is 0 Å². The first-order valence-corrected chi connectivity index (χ1v) is 5.20. The van der Waals surface area contributed by atoms with Crippen molar-refractivity contribution in [3.8, 4) is 11.5 Å². The van der Waals surface area contributed by atoms with Crippen molar-refractivity contribution < 1.29 is 31.4 Å². The zero-order valence-corrected chi connectivity index (χ0v) is 11.1. The lowest BCUT2D eigenvalue weighted by Crippen LogP contribution is -2.18. The molecule has 0 aromatic heterocycles. The highest BCUT2D eigenvalue weighted by Gasteiger charge is 2.31. The number of ether oxygens (including phenoxy) is 2. The minimum atomic E-state index is -4.84. The van der Waals surface area contributed by atoms with Crippen molar-refractivity contribution in [3.63, 3.8) is 0 Å². The van der Waals surface area contributed by atoms with Gasteiger partial charge in [0.2, 0.25) is 6.43 Å². The smallest absolute Gasteiger partial charge is 0.496 e. The second kappa shape index (κ2) is 7.49. The van der Waals surface area contributed by atoms with Gasteiger partial charge in [-0.05, 0) is 6.07 Å². The van der Waals surface area contributed by atoms with Gasteiger partial charge in [-0.3, -0.25) is 0 Å². The van der Waals surface area contributed by atoms with Gasteiger partial charge in [-0.15, -0.1) is 25.6 Å². The molecule has 0 bridgehead atoms. The summed E-state index contributed by atoms with van der Waals surface area (Å²) in [7, 11) is 1.20. The quantitative estimate of drug-likeness (QED) is 0.842. The van der Waals surface area contributed by atoms with E-state index in [1.807, 2.05) is 0 Å². The summed E-state index contributed by atoms with van der Waals surface area (Å²) in [6, 6.07) is 2.09. The number of hydrogen-bond acceptors (Lipinski definition) is 3. The van der Waals surface area contributed by atoms with E-state index in [0.717, 1.165) is 12.1 Å². The molecule has 0 heterocycles. The van der Waals surface area contributed by atoms with Crippen LogP contribution in [0.4, 0.5) is 22.0 Å². The third kappa shape index (κ3) is 5.79. The zero-order chi connectivity index (χ0) is 14.6. The second-order valence-corrected chi connectivity index (χ2v) is 3.68. The molecule has 1 atom stereocenters. The van der Waals surface area contributed by atoms with Crippen LogP contribution in [0.2, 0.25) is 0 Å². The Morgan fingerprint density at radius 2 is 1.85 bits per heavy atom. The highest BCUT2D eigenvalue weighted by molar-refractivity contribution is 5.85. The van der Waals surface area contributed by atoms with Crippen molar-refractivity contribution in [2.45, 2.75) is 25.3 Å². The monoisotopic (exact) mass is 321 g/mol. The van der Waals surface area contributed by atoms with Crippen molar-refractivity contribution in [3.05, 3.63) is 23.8 Å². The van der Waals surface area contributed by atoms with E-state index in [-0.39, 0.29) is 23.7 Å². The first-order valence-electron chi connectivity index (χ1n) is 5.20. The number of nitrogens with two attached hydrogens (primary N) is 1. The fourth-order valence-electron chi connectivity index (χ4n) is 1.51. The maximum atomic E-state index is 12.2. The van der Waals surface area contributed by atoms with Crippen molar-refractivity contribution in [1.29, 1.82) is 0 Å². The Kier molecular flexibility index (Phi) is 7.01. The first kappa shape index (κ1) is 18.7. The predicted octanol–water partition coefficient (Wildman–Crippen LogP) is 3.67. The Bertz CT molecular complexity index is 428. The van der Waals surface area contributed by atoms with Crippen LogP contribution in [0.25, 0.3) is 0 Å². The molecule has 9 heteroatoms. The van der Waals surface area contributed by atoms with Crippen LogP contribution in [0, 0.1) is 0 Å². The summed E-state index contributed by atoms with van der Waals surface area (Å²) >= 11 is 0. The molecule has 0 aliphatic carbocycles. The molecular formula is C11H13ClF5NO2. The molecule has 1 aromatic rings. The van der Waals surface area contributed by atoms with Gasteiger partial charge in [0.15, 0.2) is 0 Å². The third-order valence-electron chi connectivity index (χ3n) is 2.27. The maximum absolute atomic E-state index is 12.2. The van der Waals surface area contributed by atoms with Crippen molar-refractivity contribution in [1.82, 2.24) is 0 Å². The highest BCUT2D eigenvalue weighted by Crippen LogP contribution is 2.33. The lowest BCUT2D eigenvalue weighted by Gasteiger charge is -2.17. The largest absolute Gasteiger partial charge is 0.573 e. The molecular weight excluding hydrogens is 309 g/mol. The molecule has 1 rings (SSSR count). The molecule has 3 nitrogen and oxygen atoms in total. The molecule has 0 aliphatic heterocycles. The third-order valence-corrected chi connectivity index (χ3v) is 2.27. The normalized spacial score (nSPS) is 12.8. The van der Waals surface area contributed by atoms with Gasteiger partial charge in [0, 0.05) is 24.1 Å². The van der Waals surface area contributed by atoms with E-state index in [2.05, 4.69) is 4.74 Å². The molecule has 1 aromatic carbocycles. The van der Waals surface area contributed by atoms with E-state index in [1.54, 1.807) is 0 Å². The van der Waals surface area contributed by atoms with E-state index in [1.165, 1.54) is 13.2 Å². The van der Waals surface area contributed by atoms with Crippen LogP contribution in [0.5, 0.6) is 11.5 Å². The topological polar surface area (TPSA) is 44.5 Å². The molecule has 116 valence electrons. The Morgan fingerprint density at radius 1 is 1.25 bits per heavy atom. The van der Waals surface area contributed by atoms with Gasteiger partial charge in [0.1, 0.15) is 11.5 Å². The SMILES string of the molecule is COc1cc(OC(F)(F)F)ccc1[C@H](N)CC(F)F.Cl. The molecule has 0 unspecified atom stereocenters. The molecule has 0 aliphatic rings. The van der Waals surface area contributed by atoms with E-state index in [4.69, 9.17) is 10.5 Å². The Hall–Kier alpha value is -1.28. The Balaban J connectivity index is 0.00000361. The van der Waals surface area contributed by atoms with Gasteiger partial charge < -0.3 is 15.2 Å². The number of methoxy groups -OCH3 is 1. The van der Waals surface area contributed by atoms with Gasteiger partial charge in [-0.1, -0.05) is 6.07 Å². The van der Waals surface area contributed by atoms with Crippen molar-refractivity contribution in [2.24, 2.45) is 5.73 Å². The number of hydrogen-bond donors (Lipinski definition) is 1. The summed E-state index contributed by atoms with van der Waals surface area (Å²) in [5.74, 6) is -0.535. The highest BCUT2D eigenvalue weighted by atomic mass is 35.5. The molecule has 2 N–H and O–H groups in total. The standard InChI is InChI=1S/C11H12F5NO2.ClH/c1-18-9-4-6(19-11(14,15)16)2-3-7(9)8(17)5-10(12)13;/h2-4,8,10H,5,17H2,1H3;1H/t8-;/m1./s1. The molecule has 0 spiro atoms. The average Bonchev–Trinajstić information content (AvgIpc) is 2.25. The zero-order valence-electron chi connectivity index (χ0n) is 10.3. The lowest BCUT2D eigenvalue weighted by atomic mass is 10.0. The Morgan fingerprint density at radius 3 is 2.30 bits per heavy atom. The Labute approximate surface area is 118 Å². The first-order chi connectivity index (χ1) is 8.73. The molecule has 0 radical (unpaired) electrons. The van der Waals surface area contributed by atoms with Crippen LogP contribution in [-0.2, 0) is 0 Å². The van der Waals surface area contributed by atoms with Crippen molar-refractivity contribution in [2.75, 3.05) is 7.11 Å². The molecule has 20 heavy (non-hydrogen) atoms. The second-order valence-electron chi connectivity index (χ2n) is 3.68. The molecule has 0 amide bonds. The van der Waals surface area contributed by atoms with Gasteiger partial charge in [-0.25, -0.2) is 8.78 Å². The van der Waals surface area contributed by atoms with Crippen LogP contribution in [0.3, 0.4) is 0 Å². The maximum Gasteiger partial charge on any atom is 0.573 e. The fourth-order valence-corrected chi connectivity index (χ4v) is 1.51. The van der Waals surface area contributed by atoms with Crippen LogP contribution < -0.4 is 15.2 Å². The summed E-state index contributed by atoms with van der Waals surface area (Å²) in [6.45, 7) is 0. The lowest BCUT2D eigenvalue weighted by molar-refractivity contribution is -0.274. The van der Waals surface area contributed by atoms with E-state index in [9.17, 15) is 22.0 Å². The minimum Gasteiger partial charge on any atom is -0.496 e. The van der Waals surface area contributed by atoms with E-state index < -0.39 is 31.0 Å². The predicted molar refractivity (Wildman–Crippen MR) is 64.5 cm³/mol. The summed E-state index contributed by atoms with van der Waals surface area (Å²) in [5.41, 5.74) is 5.72. The molecule has 0 fully saturated rings. The van der Waals surface area contributed by atoms with Gasteiger partial charge in [0.05, 0.1) is 7.11 Å². The summed E-state index contributed by atoms with van der Waals surface area (Å²) in [4.78, 5) is 0. The van der Waals surface area contributed by atoms with E-state index in [0.29, 0.717) is 0 Å². The van der Waals surface area contributed by atoms with Crippen LogP contribution in [0.15, 0.2) is 18.2 Å². The number of alkyl halides is 5. The number of rotatable bonds is 5. The number of halogens is 6. The number of benzene rings is 1. The minimum absolute atomic E-state index is 0. The summed E-state index contributed by atoms with van der Waals surface area (Å²) in [6.07, 6.45) is -8.07. The van der Waals surface area contributed by atoms with Crippen molar-refractivity contribution >= 4 is 12.4 Å². The van der Waals surface area contributed by atoms with Gasteiger partial charge >= 0.3 is 6.36 Å². The average molecular weight is 322 g/mol. The summed E-state index contributed by atoms with van der Waals surface area (Å²) in [5, 5.41) is 0. The van der Waals surface area contributed by atoms with Crippen LogP contribution in [-0.4, -0.2) is 19.9 Å². The van der Waals surface area contributed by atoms with Crippen LogP contribution in [0.1, 0.15) is 18.0 Å². The summed E-state index contributed by atoms with van der Waals surface area (Å²) < 4.78 is 69.0. The van der Waals surface area contributed by atoms with Gasteiger partial charge in [-0.2, -0.15) is 0 Å². The molecule has 0 saturated heterocycles. The van der Waals surface area contributed by atoms with Gasteiger partial charge in [0.25, 0.3) is 0 Å². The van der Waals surface area contributed by atoms with Crippen LogP contribution >= 0.6 is 12.4 Å². The molecule has 0 saturated carbocycles.